The van der Waals surface area contributed by atoms with Crippen molar-refractivity contribution in [3.05, 3.63) is 24.0 Å². The third-order valence-corrected chi connectivity index (χ3v) is 3.54. The average molecular weight is 219 g/mol. The number of hydrogen-bond donors (Lipinski definition) is 1. The first-order valence-corrected chi connectivity index (χ1v) is 6.04. The minimum Gasteiger partial charge on any atom is -0.371 e. The fraction of sp³-hybridized carbons (Fsp3) is 0.615. The first-order chi connectivity index (χ1) is 7.74. The molecule has 1 saturated carbocycles. The number of pyridine rings is 1. The van der Waals surface area contributed by atoms with Gasteiger partial charge >= 0.3 is 0 Å². The van der Waals surface area contributed by atoms with Gasteiger partial charge in [-0.05, 0) is 38.8 Å². The highest BCUT2D eigenvalue weighted by Crippen LogP contribution is 2.36. The zero-order valence-electron chi connectivity index (χ0n) is 10.4. The van der Waals surface area contributed by atoms with Crippen LogP contribution in [0.5, 0.6) is 0 Å². The molecule has 1 atom stereocenters. The summed E-state index contributed by atoms with van der Waals surface area (Å²) in [6.45, 7) is 3.20. The van der Waals surface area contributed by atoms with Gasteiger partial charge in [-0.15, -0.1) is 0 Å². The molecule has 0 spiro atoms. The van der Waals surface area contributed by atoms with Crippen LogP contribution in [0, 0.1) is 5.92 Å². The molecule has 0 amide bonds. The molecule has 1 fully saturated rings. The molecular weight excluding hydrogens is 198 g/mol. The summed E-state index contributed by atoms with van der Waals surface area (Å²) in [6, 6.07) is 2.75. The van der Waals surface area contributed by atoms with Crippen molar-refractivity contribution >= 4 is 5.69 Å². The van der Waals surface area contributed by atoms with Crippen molar-refractivity contribution in [2.45, 2.75) is 32.4 Å². The molecule has 0 radical (unpaired) electrons. The van der Waals surface area contributed by atoms with Gasteiger partial charge in [-0.1, -0.05) is 0 Å². The predicted octanol–water partition coefficient (Wildman–Crippen LogP) is 2.04. The fourth-order valence-corrected chi connectivity index (χ4v) is 2.20. The number of hydrogen-bond acceptors (Lipinski definition) is 3. The maximum Gasteiger partial charge on any atom is 0.0442 e. The highest BCUT2D eigenvalue weighted by atomic mass is 15.1. The Kier molecular flexibility index (Phi) is 3.44. The number of aromatic nitrogens is 1. The maximum absolute atomic E-state index is 4.20. The van der Waals surface area contributed by atoms with Crippen LogP contribution in [-0.4, -0.2) is 25.1 Å². The van der Waals surface area contributed by atoms with E-state index in [2.05, 4.69) is 35.2 Å². The molecule has 0 saturated heterocycles. The van der Waals surface area contributed by atoms with Crippen LogP contribution in [0.25, 0.3) is 0 Å². The summed E-state index contributed by atoms with van der Waals surface area (Å²) in [5.41, 5.74) is 2.59. The Balaban J connectivity index is 2.17. The van der Waals surface area contributed by atoms with E-state index >= 15 is 0 Å². The van der Waals surface area contributed by atoms with Crippen LogP contribution >= 0.6 is 0 Å². The number of anilines is 1. The lowest BCUT2D eigenvalue weighted by Gasteiger charge is -2.28. The molecule has 1 heterocycles. The van der Waals surface area contributed by atoms with Gasteiger partial charge in [0.2, 0.25) is 0 Å². The Labute approximate surface area is 97.9 Å². The molecule has 1 unspecified atom stereocenters. The summed E-state index contributed by atoms with van der Waals surface area (Å²) in [6.07, 6.45) is 6.61. The summed E-state index contributed by atoms with van der Waals surface area (Å²) < 4.78 is 0. The zero-order chi connectivity index (χ0) is 11.5. The van der Waals surface area contributed by atoms with Crippen LogP contribution < -0.4 is 10.2 Å². The predicted molar refractivity (Wildman–Crippen MR) is 67.6 cm³/mol. The quantitative estimate of drug-likeness (QED) is 0.821. The molecule has 16 heavy (non-hydrogen) atoms. The van der Waals surface area contributed by atoms with Crippen molar-refractivity contribution in [1.29, 1.82) is 0 Å². The average Bonchev–Trinajstić information content (AvgIpc) is 3.12. The Hall–Kier alpha value is -1.09. The Morgan fingerprint density at radius 1 is 1.56 bits per heavy atom. The number of nitrogens with zero attached hydrogens (tertiary/aromatic N) is 2. The van der Waals surface area contributed by atoms with Crippen LogP contribution in [0.2, 0.25) is 0 Å². The van der Waals surface area contributed by atoms with E-state index in [1.807, 2.05) is 19.4 Å². The molecule has 1 aliphatic carbocycles. The Morgan fingerprint density at radius 3 is 2.94 bits per heavy atom. The van der Waals surface area contributed by atoms with Crippen molar-refractivity contribution in [3.8, 4) is 0 Å². The van der Waals surface area contributed by atoms with E-state index in [0.717, 1.165) is 12.5 Å². The van der Waals surface area contributed by atoms with Crippen LogP contribution in [0.1, 0.15) is 25.3 Å². The van der Waals surface area contributed by atoms with Crippen molar-refractivity contribution in [2.75, 3.05) is 19.0 Å². The topological polar surface area (TPSA) is 28.2 Å². The molecule has 0 aliphatic heterocycles. The third kappa shape index (κ3) is 2.35. The number of rotatable bonds is 5. The van der Waals surface area contributed by atoms with Gasteiger partial charge in [0.1, 0.15) is 0 Å². The molecule has 3 nitrogen and oxygen atoms in total. The third-order valence-electron chi connectivity index (χ3n) is 3.54. The lowest BCUT2D eigenvalue weighted by molar-refractivity contribution is 0.605. The lowest BCUT2D eigenvalue weighted by atomic mass is 10.1. The van der Waals surface area contributed by atoms with E-state index in [1.54, 1.807) is 0 Å². The maximum atomic E-state index is 4.20. The van der Waals surface area contributed by atoms with Gasteiger partial charge in [0.15, 0.2) is 0 Å². The fourth-order valence-electron chi connectivity index (χ4n) is 2.20. The van der Waals surface area contributed by atoms with Crippen LogP contribution in [-0.2, 0) is 6.54 Å². The van der Waals surface area contributed by atoms with Crippen molar-refractivity contribution < 1.29 is 0 Å². The molecule has 2 rings (SSSR count). The zero-order valence-corrected chi connectivity index (χ0v) is 10.4. The minimum atomic E-state index is 0.637. The SMILES string of the molecule is CNCc1cnccc1N(C)C(C)C1CC1. The summed E-state index contributed by atoms with van der Waals surface area (Å²) in [4.78, 5) is 6.59. The first kappa shape index (κ1) is 11.4. The molecule has 0 bridgehead atoms. The molecule has 88 valence electrons. The van der Waals surface area contributed by atoms with Gasteiger partial charge in [-0.2, -0.15) is 0 Å². The van der Waals surface area contributed by atoms with Gasteiger partial charge in [0.05, 0.1) is 0 Å². The Morgan fingerprint density at radius 2 is 2.31 bits per heavy atom. The van der Waals surface area contributed by atoms with Gasteiger partial charge in [0, 0.05) is 43.3 Å². The van der Waals surface area contributed by atoms with Crippen LogP contribution in [0.15, 0.2) is 18.5 Å². The number of nitrogens with one attached hydrogen (secondary N) is 1. The second-order valence-electron chi connectivity index (χ2n) is 4.72. The van der Waals surface area contributed by atoms with E-state index in [-0.39, 0.29) is 0 Å². The molecule has 1 aromatic rings. The van der Waals surface area contributed by atoms with E-state index < -0.39 is 0 Å². The van der Waals surface area contributed by atoms with Gasteiger partial charge in [-0.25, -0.2) is 0 Å². The highest BCUT2D eigenvalue weighted by molar-refractivity contribution is 5.52. The largest absolute Gasteiger partial charge is 0.371 e. The molecule has 0 aromatic carbocycles. The Bertz CT molecular complexity index is 347. The second kappa shape index (κ2) is 4.83. The summed E-state index contributed by atoms with van der Waals surface area (Å²) in [7, 11) is 4.17. The summed E-state index contributed by atoms with van der Waals surface area (Å²) in [5.74, 6) is 0.889. The minimum absolute atomic E-state index is 0.637. The second-order valence-corrected chi connectivity index (χ2v) is 4.72. The monoisotopic (exact) mass is 219 g/mol. The summed E-state index contributed by atoms with van der Waals surface area (Å²) >= 11 is 0. The van der Waals surface area contributed by atoms with Crippen LogP contribution in [0.3, 0.4) is 0 Å². The molecule has 1 aliphatic rings. The van der Waals surface area contributed by atoms with Gasteiger partial charge in [-0.3, -0.25) is 4.98 Å². The van der Waals surface area contributed by atoms with E-state index in [0.29, 0.717) is 6.04 Å². The van der Waals surface area contributed by atoms with Crippen molar-refractivity contribution in [1.82, 2.24) is 10.3 Å². The molecular formula is C13H21N3. The molecule has 1 N–H and O–H groups in total. The normalized spacial score (nSPS) is 17.2. The smallest absolute Gasteiger partial charge is 0.0442 e. The van der Waals surface area contributed by atoms with Crippen LogP contribution in [0.4, 0.5) is 5.69 Å². The highest BCUT2D eigenvalue weighted by Gasteiger charge is 2.31. The van der Waals surface area contributed by atoms with Gasteiger partial charge in [0.25, 0.3) is 0 Å². The van der Waals surface area contributed by atoms with Gasteiger partial charge < -0.3 is 10.2 Å². The summed E-state index contributed by atoms with van der Waals surface area (Å²) in [5, 5.41) is 3.20. The van der Waals surface area contributed by atoms with E-state index in [1.165, 1.54) is 24.1 Å². The standard InChI is InChI=1S/C13H21N3/c1-10(11-4-5-11)16(3)13-6-7-15-9-12(13)8-14-2/h6-7,9-11,14H,4-5,8H2,1-3H3. The van der Waals surface area contributed by atoms with E-state index in [9.17, 15) is 0 Å². The van der Waals surface area contributed by atoms with Crippen molar-refractivity contribution in [3.63, 3.8) is 0 Å². The lowest BCUT2D eigenvalue weighted by Crippen LogP contribution is -2.31. The van der Waals surface area contributed by atoms with E-state index in [4.69, 9.17) is 0 Å². The molecule has 1 aromatic heterocycles. The first-order valence-electron chi connectivity index (χ1n) is 6.04. The molecule has 3 heteroatoms. The van der Waals surface area contributed by atoms with Crippen molar-refractivity contribution in [2.24, 2.45) is 5.92 Å².